The number of hydrogen-bond acceptors (Lipinski definition) is 3. The molecule has 3 aromatic carbocycles. The number of aryl methyl sites for hydroxylation is 1. The van der Waals surface area contributed by atoms with Crippen LogP contribution in [0.15, 0.2) is 82.3 Å². The van der Waals surface area contributed by atoms with Crippen LogP contribution in [0.5, 0.6) is 5.75 Å². The second-order valence-corrected chi connectivity index (χ2v) is 6.79. The molecule has 3 rings (SSSR count). The summed E-state index contributed by atoms with van der Waals surface area (Å²) >= 11 is 3.49. The molecule has 0 radical (unpaired) electrons. The summed E-state index contributed by atoms with van der Waals surface area (Å²) in [5, 5.41) is 2.79. The van der Waals surface area contributed by atoms with Gasteiger partial charge >= 0.3 is 0 Å². The van der Waals surface area contributed by atoms with Gasteiger partial charge in [0.05, 0.1) is 10.2 Å². The third-order valence-electron chi connectivity index (χ3n) is 3.84. The normalized spacial score (nSPS) is 10.7. The van der Waals surface area contributed by atoms with Crippen LogP contribution in [0.25, 0.3) is 0 Å². The minimum Gasteiger partial charge on any atom is -0.483 e. The lowest BCUT2D eigenvalue weighted by molar-refractivity contribution is -0.118. The maximum Gasteiger partial charge on any atom is 0.262 e. The van der Waals surface area contributed by atoms with E-state index >= 15 is 0 Å². The van der Waals surface area contributed by atoms with E-state index in [1.807, 2.05) is 79.7 Å². The Kier molecular flexibility index (Phi) is 6.39. The molecule has 3 aromatic rings. The first-order valence-electron chi connectivity index (χ1n) is 8.49. The molecule has 1 N–H and O–H groups in total. The van der Waals surface area contributed by atoms with Crippen LogP contribution < -0.4 is 10.1 Å². The number of para-hydroxylation sites is 2. The highest BCUT2D eigenvalue weighted by atomic mass is 79.9. The van der Waals surface area contributed by atoms with E-state index in [0.717, 1.165) is 27.0 Å². The molecular formula is C22H19BrN2O2. The zero-order valence-corrected chi connectivity index (χ0v) is 16.4. The van der Waals surface area contributed by atoms with Gasteiger partial charge in [-0.2, -0.15) is 0 Å². The predicted octanol–water partition coefficient (Wildman–Crippen LogP) is 5.53. The first-order chi connectivity index (χ1) is 13.1. The van der Waals surface area contributed by atoms with Crippen molar-refractivity contribution in [2.24, 2.45) is 4.99 Å². The van der Waals surface area contributed by atoms with Crippen molar-refractivity contribution in [1.29, 1.82) is 0 Å². The Balaban J connectivity index is 1.60. The third-order valence-corrected chi connectivity index (χ3v) is 4.46. The minimum atomic E-state index is -0.210. The number of benzene rings is 3. The van der Waals surface area contributed by atoms with Crippen LogP contribution in [0.3, 0.4) is 0 Å². The highest BCUT2D eigenvalue weighted by Gasteiger charge is 2.07. The first-order valence-corrected chi connectivity index (χ1v) is 9.28. The molecule has 0 saturated heterocycles. The van der Waals surface area contributed by atoms with Crippen LogP contribution >= 0.6 is 15.9 Å². The third kappa shape index (κ3) is 5.53. The summed E-state index contributed by atoms with van der Waals surface area (Å²) in [6.45, 7) is 1.96. The van der Waals surface area contributed by atoms with Gasteiger partial charge in [0.2, 0.25) is 0 Å². The number of aliphatic imine (C=N–C) groups is 1. The van der Waals surface area contributed by atoms with Gasteiger partial charge in [0.25, 0.3) is 5.91 Å². The molecular weight excluding hydrogens is 404 g/mol. The van der Waals surface area contributed by atoms with Gasteiger partial charge in [-0.1, -0.05) is 36.4 Å². The van der Waals surface area contributed by atoms with Crippen molar-refractivity contribution in [2.75, 3.05) is 11.9 Å². The molecule has 0 aliphatic heterocycles. The van der Waals surface area contributed by atoms with Crippen molar-refractivity contribution < 1.29 is 9.53 Å². The monoisotopic (exact) mass is 422 g/mol. The van der Waals surface area contributed by atoms with Gasteiger partial charge < -0.3 is 10.1 Å². The lowest BCUT2D eigenvalue weighted by Crippen LogP contribution is -2.20. The smallest absolute Gasteiger partial charge is 0.262 e. The Labute approximate surface area is 167 Å². The molecule has 5 heteroatoms. The summed E-state index contributed by atoms with van der Waals surface area (Å²) in [5.41, 5.74) is 3.74. The summed E-state index contributed by atoms with van der Waals surface area (Å²) in [6.07, 6.45) is 1.80. The molecule has 0 unspecified atom stereocenters. The lowest BCUT2D eigenvalue weighted by atomic mass is 10.2. The Bertz CT molecular complexity index is 956. The molecule has 0 aliphatic carbocycles. The van der Waals surface area contributed by atoms with Crippen LogP contribution in [-0.2, 0) is 4.79 Å². The van der Waals surface area contributed by atoms with Crippen LogP contribution in [-0.4, -0.2) is 18.7 Å². The Morgan fingerprint density at radius 3 is 2.56 bits per heavy atom. The number of rotatable bonds is 6. The second kappa shape index (κ2) is 9.14. The standard InChI is InChI=1S/C22H19BrN2O2/c1-16-7-5-6-10-20(16)24-14-17-11-12-21(19(23)13-17)27-15-22(26)25-18-8-3-2-4-9-18/h2-14H,15H2,1H3,(H,25,26). The Morgan fingerprint density at radius 2 is 1.81 bits per heavy atom. The molecule has 0 saturated carbocycles. The largest absolute Gasteiger partial charge is 0.483 e. The quantitative estimate of drug-likeness (QED) is 0.531. The molecule has 0 heterocycles. The number of hydrogen-bond donors (Lipinski definition) is 1. The van der Waals surface area contributed by atoms with Gasteiger partial charge in [-0.15, -0.1) is 0 Å². The maximum atomic E-state index is 12.0. The molecule has 27 heavy (non-hydrogen) atoms. The fourth-order valence-corrected chi connectivity index (χ4v) is 2.94. The van der Waals surface area contributed by atoms with Crippen molar-refractivity contribution >= 4 is 39.4 Å². The van der Waals surface area contributed by atoms with Crippen molar-refractivity contribution in [3.63, 3.8) is 0 Å². The molecule has 0 spiro atoms. The molecule has 0 fully saturated rings. The van der Waals surface area contributed by atoms with Crippen LogP contribution in [0.4, 0.5) is 11.4 Å². The summed E-state index contributed by atoms with van der Waals surface area (Å²) < 4.78 is 6.37. The van der Waals surface area contributed by atoms with E-state index in [2.05, 4.69) is 26.2 Å². The first kappa shape index (κ1) is 18.9. The number of ether oxygens (including phenoxy) is 1. The lowest BCUT2D eigenvalue weighted by Gasteiger charge is -2.09. The van der Waals surface area contributed by atoms with Gasteiger partial charge in [0.1, 0.15) is 5.75 Å². The van der Waals surface area contributed by atoms with Gasteiger partial charge in [0.15, 0.2) is 6.61 Å². The average Bonchev–Trinajstić information content (AvgIpc) is 2.67. The summed E-state index contributed by atoms with van der Waals surface area (Å²) in [6, 6.07) is 22.9. The SMILES string of the molecule is Cc1ccccc1N=Cc1ccc(OCC(=O)Nc2ccccc2)c(Br)c1. The molecule has 0 aromatic heterocycles. The van der Waals surface area contributed by atoms with Crippen LogP contribution in [0.1, 0.15) is 11.1 Å². The molecule has 0 aliphatic rings. The zero-order chi connectivity index (χ0) is 19.1. The van der Waals surface area contributed by atoms with Gasteiger partial charge in [-0.25, -0.2) is 0 Å². The second-order valence-electron chi connectivity index (χ2n) is 5.94. The Morgan fingerprint density at radius 1 is 1.07 bits per heavy atom. The molecule has 0 bridgehead atoms. The van der Waals surface area contributed by atoms with E-state index in [1.165, 1.54) is 0 Å². The van der Waals surface area contributed by atoms with Crippen molar-refractivity contribution in [3.05, 3.63) is 88.4 Å². The van der Waals surface area contributed by atoms with Crippen molar-refractivity contribution in [2.45, 2.75) is 6.92 Å². The van der Waals surface area contributed by atoms with Crippen LogP contribution in [0, 0.1) is 6.92 Å². The summed E-state index contributed by atoms with van der Waals surface area (Å²) in [7, 11) is 0. The van der Waals surface area contributed by atoms with E-state index in [9.17, 15) is 4.79 Å². The van der Waals surface area contributed by atoms with E-state index in [1.54, 1.807) is 6.21 Å². The number of nitrogens with zero attached hydrogens (tertiary/aromatic N) is 1. The van der Waals surface area contributed by atoms with Gasteiger partial charge in [-0.3, -0.25) is 9.79 Å². The molecule has 4 nitrogen and oxygen atoms in total. The van der Waals surface area contributed by atoms with Crippen molar-refractivity contribution in [1.82, 2.24) is 0 Å². The van der Waals surface area contributed by atoms with E-state index in [-0.39, 0.29) is 12.5 Å². The number of carbonyl (C=O) groups excluding carboxylic acids is 1. The fraction of sp³-hybridized carbons (Fsp3) is 0.0909. The molecule has 0 atom stereocenters. The zero-order valence-electron chi connectivity index (χ0n) is 14.9. The van der Waals surface area contributed by atoms with Crippen LogP contribution in [0.2, 0.25) is 0 Å². The highest BCUT2D eigenvalue weighted by Crippen LogP contribution is 2.26. The average molecular weight is 423 g/mol. The van der Waals surface area contributed by atoms with Gasteiger partial charge in [-0.05, 0) is 70.4 Å². The number of carbonyl (C=O) groups is 1. The van der Waals surface area contributed by atoms with E-state index in [4.69, 9.17) is 4.74 Å². The minimum absolute atomic E-state index is 0.0653. The van der Waals surface area contributed by atoms with E-state index in [0.29, 0.717) is 5.75 Å². The van der Waals surface area contributed by atoms with E-state index < -0.39 is 0 Å². The highest BCUT2D eigenvalue weighted by molar-refractivity contribution is 9.10. The fourth-order valence-electron chi connectivity index (χ4n) is 2.43. The molecule has 1 amide bonds. The topological polar surface area (TPSA) is 50.7 Å². The molecule has 136 valence electrons. The maximum absolute atomic E-state index is 12.0. The summed E-state index contributed by atoms with van der Waals surface area (Å²) in [4.78, 5) is 16.5. The number of anilines is 1. The van der Waals surface area contributed by atoms with Gasteiger partial charge in [0, 0.05) is 11.9 Å². The number of nitrogens with one attached hydrogen (secondary N) is 1. The van der Waals surface area contributed by atoms with Crippen molar-refractivity contribution in [3.8, 4) is 5.75 Å². The number of amides is 1. The predicted molar refractivity (Wildman–Crippen MR) is 113 cm³/mol. The number of halogens is 1. The summed E-state index contributed by atoms with van der Waals surface area (Å²) in [5.74, 6) is 0.393. The Hall–Kier alpha value is -2.92.